The third-order valence-corrected chi connectivity index (χ3v) is 5.91. The average molecular weight is 496 g/mol. The van der Waals surface area contributed by atoms with E-state index in [0.29, 0.717) is 24.7 Å². The fraction of sp³-hybridized carbons (Fsp3) is 0.350. The maximum atomic E-state index is 13.0. The first kappa shape index (κ1) is 22.5. The lowest BCUT2D eigenvalue weighted by molar-refractivity contribution is 0.282. The Bertz CT molecular complexity index is 955. The van der Waals surface area contributed by atoms with Crippen LogP contribution in [-0.4, -0.2) is 39.6 Å². The number of tetrazole rings is 1. The Hall–Kier alpha value is -2.17. The number of aromatic nitrogens is 4. The van der Waals surface area contributed by atoms with Crippen LogP contribution in [0.1, 0.15) is 17.5 Å². The lowest BCUT2D eigenvalue weighted by Crippen LogP contribution is -2.15. The van der Waals surface area contributed by atoms with Gasteiger partial charge in [-0.05, 0) is 74.7 Å². The molecule has 0 aliphatic heterocycles. The van der Waals surface area contributed by atoms with Crippen molar-refractivity contribution in [2.45, 2.75) is 24.7 Å². The van der Waals surface area contributed by atoms with Crippen LogP contribution in [0.5, 0.6) is 11.5 Å². The van der Waals surface area contributed by atoms with Crippen molar-refractivity contribution in [1.29, 1.82) is 0 Å². The van der Waals surface area contributed by atoms with Crippen molar-refractivity contribution >= 4 is 27.7 Å². The number of nitrogens with zero attached hydrogens (tertiary/aromatic N) is 4. The molecule has 30 heavy (non-hydrogen) atoms. The van der Waals surface area contributed by atoms with E-state index in [1.54, 1.807) is 35.7 Å². The summed E-state index contributed by atoms with van der Waals surface area (Å²) in [4.78, 5) is 0. The maximum absolute atomic E-state index is 13.0. The molecule has 0 aliphatic carbocycles. The van der Waals surface area contributed by atoms with E-state index in [1.807, 2.05) is 19.2 Å². The minimum atomic E-state index is -0.265. The van der Waals surface area contributed by atoms with Gasteiger partial charge in [-0.25, -0.2) is 9.07 Å². The van der Waals surface area contributed by atoms with Crippen molar-refractivity contribution < 1.29 is 13.9 Å². The first-order valence-corrected chi connectivity index (χ1v) is 11.1. The van der Waals surface area contributed by atoms with Crippen LogP contribution in [0.3, 0.4) is 0 Å². The third-order valence-electron chi connectivity index (χ3n) is 4.23. The molecule has 3 rings (SSSR count). The van der Waals surface area contributed by atoms with Crippen LogP contribution in [0.25, 0.3) is 0 Å². The molecule has 0 radical (unpaired) electrons. The van der Waals surface area contributed by atoms with Crippen LogP contribution in [0.2, 0.25) is 0 Å². The Kier molecular flexibility index (Phi) is 8.47. The number of thioether (sulfide) groups is 1. The van der Waals surface area contributed by atoms with Gasteiger partial charge in [-0.1, -0.05) is 23.9 Å². The summed E-state index contributed by atoms with van der Waals surface area (Å²) in [6.07, 6.45) is 0.995. The highest BCUT2D eigenvalue weighted by Crippen LogP contribution is 2.37. The summed E-state index contributed by atoms with van der Waals surface area (Å²) in [5.41, 5.74) is 1.96. The van der Waals surface area contributed by atoms with Gasteiger partial charge in [0.15, 0.2) is 11.5 Å². The van der Waals surface area contributed by atoms with Gasteiger partial charge < -0.3 is 14.8 Å². The molecule has 0 fully saturated rings. The summed E-state index contributed by atoms with van der Waals surface area (Å²) < 4.78 is 26.9. The van der Waals surface area contributed by atoms with Gasteiger partial charge in [-0.15, -0.1) is 5.10 Å². The molecule has 0 unspecified atom stereocenters. The number of rotatable bonds is 11. The van der Waals surface area contributed by atoms with Crippen molar-refractivity contribution in [2.24, 2.45) is 7.05 Å². The lowest BCUT2D eigenvalue weighted by atomic mass is 10.2. The summed E-state index contributed by atoms with van der Waals surface area (Å²) in [6.45, 7) is 1.91. The quantitative estimate of drug-likeness (QED) is 0.318. The highest BCUT2D eigenvalue weighted by atomic mass is 79.9. The molecule has 1 aromatic heterocycles. The highest BCUT2D eigenvalue weighted by Gasteiger charge is 2.12. The second-order valence-corrected chi connectivity index (χ2v) is 8.40. The van der Waals surface area contributed by atoms with Gasteiger partial charge in [0, 0.05) is 19.3 Å². The fourth-order valence-electron chi connectivity index (χ4n) is 2.69. The molecule has 0 atom stereocenters. The second-order valence-electron chi connectivity index (χ2n) is 6.49. The van der Waals surface area contributed by atoms with Crippen LogP contribution >= 0.6 is 27.7 Å². The fourth-order valence-corrected chi connectivity index (χ4v) is 4.08. The molecule has 1 heterocycles. The molecule has 10 heteroatoms. The lowest BCUT2D eigenvalue weighted by Gasteiger charge is -2.15. The number of ether oxygens (including phenoxy) is 2. The van der Waals surface area contributed by atoms with E-state index in [-0.39, 0.29) is 5.82 Å². The van der Waals surface area contributed by atoms with Gasteiger partial charge >= 0.3 is 0 Å². The van der Waals surface area contributed by atoms with Gasteiger partial charge in [-0.2, -0.15) is 0 Å². The van der Waals surface area contributed by atoms with Crippen LogP contribution in [0.4, 0.5) is 4.39 Å². The predicted octanol–water partition coefficient (Wildman–Crippen LogP) is 3.97. The number of hydrogen-bond acceptors (Lipinski definition) is 7. The van der Waals surface area contributed by atoms with Gasteiger partial charge in [0.05, 0.1) is 11.6 Å². The number of hydrogen-bond donors (Lipinski definition) is 1. The van der Waals surface area contributed by atoms with Gasteiger partial charge in [-0.3, -0.25) is 0 Å². The molecule has 160 valence electrons. The van der Waals surface area contributed by atoms with E-state index in [9.17, 15) is 4.39 Å². The summed E-state index contributed by atoms with van der Waals surface area (Å²) in [5.74, 6) is 1.94. The molecule has 0 spiro atoms. The number of nitrogens with one attached hydrogen (secondary N) is 1. The van der Waals surface area contributed by atoms with Crippen molar-refractivity contribution in [3.8, 4) is 11.5 Å². The molecule has 2 aromatic carbocycles. The molecule has 0 aliphatic rings. The summed E-state index contributed by atoms with van der Waals surface area (Å²) in [5, 5.41) is 15.6. The SMILES string of the molecule is COc1cc(CNCCCSc2nnnn2C)cc(Br)c1OCc1ccc(F)cc1. The summed E-state index contributed by atoms with van der Waals surface area (Å²) in [7, 11) is 3.45. The van der Waals surface area contributed by atoms with E-state index in [0.717, 1.165) is 39.5 Å². The van der Waals surface area contributed by atoms with Crippen LogP contribution < -0.4 is 14.8 Å². The van der Waals surface area contributed by atoms with Gasteiger partial charge in [0.1, 0.15) is 12.4 Å². The number of benzene rings is 2. The predicted molar refractivity (Wildman–Crippen MR) is 117 cm³/mol. The zero-order valence-electron chi connectivity index (χ0n) is 16.8. The number of halogens is 2. The minimum absolute atomic E-state index is 0.265. The van der Waals surface area contributed by atoms with Crippen molar-refractivity contribution in [2.75, 3.05) is 19.4 Å². The standard InChI is InChI=1S/C20H23BrFN5O2S/c1-27-20(24-25-26-27)30-9-3-8-23-12-15-10-17(21)19(18(11-15)28-2)29-13-14-4-6-16(22)7-5-14/h4-7,10-11,23H,3,8-9,12-13H2,1-2H3. The number of methoxy groups -OCH3 is 1. The normalized spacial score (nSPS) is 10.9. The van der Waals surface area contributed by atoms with Crippen molar-refractivity contribution in [3.63, 3.8) is 0 Å². The Labute approximate surface area is 187 Å². The van der Waals surface area contributed by atoms with E-state index < -0.39 is 0 Å². The van der Waals surface area contributed by atoms with Gasteiger partial charge in [0.2, 0.25) is 5.16 Å². The average Bonchev–Trinajstić information content (AvgIpc) is 3.15. The Morgan fingerprint density at radius 1 is 1.20 bits per heavy atom. The molecule has 0 saturated carbocycles. The molecule has 1 N–H and O–H groups in total. The Morgan fingerprint density at radius 2 is 2.00 bits per heavy atom. The monoisotopic (exact) mass is 495 g/mol. The number of aryl methyl sites for hydroxylation is 1. The van der Waals surface area contributed by atoms with E-state index in [1.165, 1.54) is 12.1 Å². The molecular weight excluding hydrogens is 473 g/mol. The smallest absolute Gasteiger partial charge is 0.209 e. The van der Waals surface area contributed by atoms with Crippen LogP contribution in [-0.2, 0) is 20.2 Å². The molecule has 0 bridgehead atoms. The van der Waals surface area contributed by atoms with Crippen LogP contribution in [0, 0.1) is 5.82 Å². The van der Waals surface area contributed by atoms with Gasteiger partial charge in [0.25, 0.3) is 0 Å². The Morgan fingerprint density at radius 3 is 2.70 bits per heavy atom. The zero-order chi connectivity index (χ0) is 21.3. The zero-order valence-corrected chi connectivity index (χ0v) is 19.2. The largest absolute Gasteiger partial charge is 0.493 e. The first-order chi connectivity index (χ1) is 14.6. The molecule has 0 saturated heterocycles. The van der Waals surface area contributed by atoms with E-state index >= 15 is 0 Å². The first-order valence-electron chi connectivity index (χ1n) is 9.36. The van der Waals surface area contributed by atoms with Crippen molar-refractivity contribution in [3.05, 3.63) is 57.8 Å². The second kappa shape index (κ2) is 11.3. The minimum Gasteiger partial charge on any atom is -0.493 e. The molecule has 3 aromatic rings. The summed E-state index contributed by atoms with van der Waals surface area (Å²) >= 11 is 5.21. The third kappa shape index (κ3) is 6.41. The van der Waals surface area contributed by atoms with Crippen molar-refractivity contribution in [1.82, 2.24) is 25.5 Å². The molecular formula is C20H23BrFN5O2S. The van der Waals surface area contributed by atoms with Crippen LogP contribution in [0.15, 0.2) is 46.0 Å². The maximum Gasteiger partial charge on any atom is 0.209 e. The highest BCUT2D eigenvalue weighted by molar-refractivity contribution is 9.10. The van der Waals surface area contributed by atoms with E-state index in [4.69, 9.17) is 9.47 Å². The summed E-state index contributed by atoms with van der Waals surface area (Å²) in [6, 6.07) is 10.2. The van der Waals surface area contributed by atoms with E-state index in [2.05, 4.69) is 36.8 Å². The topological polar surface area (TPSA) is 74.1 Å². The molecule has 0 amide bonds. The Balaban J connectivity index is 1.48. The molecule has 7 nitrogen and oxygen atoms in total.